The topological polar surface area (TPSA) is 52.6 Å². The van der Waals surface area contributed by atoms with Crippen molar-refractivity contribution in [2.75, 3.05) is 13.1 Å². The maximum Gasteiger partial charge on any atom is 0.257 e. The van der Waals surface area contributed by atoms with E-state index in [-0.39, 0.29) is 6.10 Å². The first-order valence-electron chi connectivity index (χ1n) is 7.30. The fraction of sp³-hybridized carbons (Fsp3) is 0.562. The molecule has 116 valence electrons. The Morgan fingerprint density at radius 2 is 2.10 bits per heavy atom. The standard InChI is InChI=1S/C16H23FN2O2/c1-16(2,17)15(21)18-9-12-5-3-4-6-13(12)10-19-8-7-14(20)11-19/h3-6,14,20H,7-11H2,1-2H3,(H,18,21). The van der Waals surface area contributed by atoms with Crippen LogP contribution in [0.15, 0.2) is 24.3 Å². The van der Waals surface area contributed by atoms with Crippen molar-refractivity contribution >= 4 is 5.91 Å². The van der Waals surface area contributed by atoms with Gasteiger partial charge in [0.2, 0.25) is 0 Å². The summed E-state index contributed by atoms with van der Waals surface area (Å²) in [7, 11) is 0. The van der Waals surface area contributed by atoms with Crippen LogP contribution in [-0.2, 0) is 17.9 Å². The number of hydrogen-bond donors (Lipinski definition) is 2. The molecule has 1 atom stereocenters. The van der Waals surface area contributed by atoms with E-state index in [4.69, 9.17) is 0 Å². The van der Waals surface area contributed by atoms with Crippen LogP contribution in [0.4, 0.5) is 4.39 Å². The molecule has 0 radical (unpaired) electrons. The van der Waals surface area contributed by atoms with Gasteiger partial charge in [0.15, 0.2) is 5.67 Å². The lowest BCUT2D eigenvalue weighted by atomic mass is 10.1. The molecule has 4 nitrogen and oxygen atoms in total. The van der Waals surface area contributed by atoms with Crippen molar-refractivity contribution < 1.29 is 14.3 Å². The van der Waals surface area contributed by atoms with Gasteiger partial charge in [0.1, 0.15) is 0 Å². The SMILES string of the molecule is CC(C)(F)C(=O)NCc1ccccc1CN1CCC(O)C1. The van der Waals surface area contributed by atoms with E-state index in [1.807, 2.05) is 24.3 Å². The first-order chi connectivity index (χ1) is 9.86. The number of benzene rings is 1. The number of hydrogen-bond acceptors (Lipinski definition) is 3. The molecule has 1 fully saturated rings. The molecular weight excluding hydrogens is 271 g/mol. The summed E-state index contributed by atoms with van der Waals surface area (Å²) in [5.41, 5.74) is 0.216. The van der Waals surface area contributed by atoms with E-state index in [1.54, 1.807) is 0 Å². The van der Waals surface area contributed by atoms with E-state index in [9.17, 15) is 14.3 Å². The van der Waals surface area contributed by atoms with E-state index >= 15 is 0 Å². The van der Waals surface area contributed by atoms with Gasteiger partial charge in [0, 0.05) is 26.2 Å². The summed E-state index contributed by atoms with van der Waals surface area (Å²) in [5, 5.41) is 12.2. The van der Waals surface area contributed by atoms with Crippen LogP contribution in [0.5, 0.6) is 0 Å². The Labute approximate surface area is 125 Å². The third-order valence-corrected chi connectivity index (χ3v) is 3.74. The van der Waals surface area contributed by atoms with Gasteiger partial charge >= 0.3 is 0 Å². The second-order valence-corrected chi connectivity index (χ2v) is 6.10. The zero-order valence-corrected chi connectivity index (χ0v) is 12.6. The summed E-state index contributed by atoms with van der Waals surface area (Å²) in [6.45, 7) is 5.11. The van der Waals surface area contributed by atoms with Crippen molar-refractivity contribution in [2.24, 2.45) is 0 Å². The average molecular weight is 294 g/mol. The van der Waals surface area contributed by atoms with Gasteiger partial charge in [-0.1, -0.05) is 24.3 Å². The van der Waals surface area contributed by atoms with Gasteiger partial charge in [0.25, 0.3) is 5.91 Å². The lowest BCUT2D eigenvalue weighted by Crippen LogP contribution is -2.38. The lowest BCUT2D eigenvalue weighted by Gasteiger charge is -2.19. The van der Waals surface area contributed by atoms with Crippen molar-refractivity contribution in [3.8, 4) is 0 Å². The molecule has 1 aromatic rings. The number of amides is 1. The lowest BCUT2D eigenvalue weighted by molar-refractivity contribution is -0.130. The Morgan fingerprint density at radius 3 is 2.67 bits per heavy atom. The number of aliphatic hydroxyl groups excluding tert-OH is 1. The summed E-state index contributed by atoms with van der Waals surface area (Å²) >= 11 is 0. The highest BCUT2D eigenvalue weighted by atomic mass is 19.1. The Hall–Kier alpha value is -1.46. The maximum atomic E-state index is 13.5. The molecule has 0 saturated carbocycles. The summed E-state index contributed by atoms with van der Waals surface area (Å²) in [6, 6.07) is 7.80. The molecule has 0 aliphatic carbocycles. The number of likely N-dealkylation sites (tertiary alicyclic amines) is 1. The number of nitrogens with zero attached hydrogens (tertiary/aromatic N) is 1. The molecular formula is C16H23FN2O2. The van der Waals surface area contributed by atoms with Gasteiger partial charge in [-0.05, 0) is 31.4 Å². The molecule has 1 aromatic carbocycles. The highest BCUT2D eigenvalue weighted by molar-refractivity contribution is 5.84. The fourth-order valence-electron chi connectivity index (χ4n) is 2.47. The minimum Gasteiger partial charge on any atom is -0.392 e. The molecule has 0 spiro atoms. The third-order valence-electron chi connectivity index (χ3n) is 3.74. The third kappa shape index (κ3) is 4.51. The van der Waals surface area contributed by atoms with Crippen molar-refractivity contribution in [3.63, 3.8) is 0 Å². The molecule has 1 unspecified atom stereocenters. The van der Waals surface area contributed by atoms with Crippen LogP contribution < -0.4 is 5.32 Å². The van der Waals surface area contributed by atoms with Gasteiger partial charge in [-0.3, -0.25) is 9.69 Å². The molecule has 1 heterocycles. The highest BCUT2D eigenvalue weighted by Gasteiger charge is 2.26. The summed E-state index contributed by atoms with van der Waals surface area (Å²) < 4.78 is 13.5. The van der Waals surface area contributed by atoms with Gasteiger partial charge < -0.3 is 10.4 Å². The van der Waals surface area contributed by atoms with E-state index < -0.39 is 11.6 Å². The van der Waals surface area contributed by atoms with Crippen molar-refractivity contribution in [2.45, 2.75) is 45.1 Å². The predicted octanol–water partition coefficient (Wildman–Crippen LogP) is 1.62. The first kappa shape index (κ1) is 15.9. The van der Waals surface area contributed by atoms with E-state index in [1.165, 1.54) is 13.8 Å². The molecule has 5 heteroatoms. The zero-order chi connectivity index (χ0) is 15.5. The molecule has 1 saturated heterocycles. The number of rotatable bonds is 5. The number of β-amino-alcohol motifs (C(OH)–C–C–N with tert-alkyl or cyclic N) is 1. The summed E-state index contributed by atoms with van der Waals surface area (Å²) in [5.74, 6) is -0.603. The Kier molecular flexibility index (Phi) is 4.96. The van der Waals surface area contributed by atoms with Crippen LogP contribution in [0, 0.1) is 0 Å². The monoisotopic (exact) mass is 294 g/mol. The van der Waals surface area contributed by atoms with E-state index in [2.05, 4.69) is 10.2 Å². The normalized spacial score (nSPS) is 19.7. The molecule has 1 amide bonds. The van der Waals surface area contributed by atoms with Crippen molar-refractivity contribution in [1.29, 1.82) is 0 Å². The van der Waals surface area contributed by atoms with Gasteiger partial charge in [-0.25, -0.2) is 4.39 Å². The van der Waals surface area contributed by atoms with Gasteiger partial charge in [0.05, 0.1) is 6.10 Å². The second-order valence-electron chi connectivity index (χ2n) is 6.10. The van der Waals surface area contributed by atoms with Crippen LogP contribution in [0.25, 0.3) is 0 Å². The Bertz CT molecular complexity index is 499. The second kappa shape index (κ2) is 6.54. The van der Waals surface area contributed by atoms with Crippen LogP contribution in [0.1, 0.15) is 31.4 Å². The van der Waals surface area contributed by atoms with E-state index in [0.29, 0.717) is 13.1 Å². The summed E-state index contributed by atoms with van der Waals surface area (Å²) in [4.78, 5) is 13.8. The highest BCUT2D eigenvalue weighted by Crippen LogP contribution is 2.17. The largest absolute Gasteiger partial charge is 0.392 e. The van der Waals surface area contributed by atoms with Crippen LogP contribution >= 0.6 is 0 Å². The van der Waals surface area contributed by atoms with Crippen molar-refractivity contribution in [1.82, 2.24) is 10.2 Å². The molecule has 21 heavy (non-hydrogen) atoms. The summed E-state index contributed by atoms with van der Waals surface area (Å²) in [6.07, 6.45) is 0.554. The molecule has 0 bridgehead atoms. The van der Waals surface area contributed by atoms with Crippen molar-refractivity contribution in [3.05, 3.63) is 35.4 Å². The fourth-order valence-corrected chi connectivity index (χ4v) is 2.47. The minimum absolute atomic E-state index is 0.246. The minimum atomic E-state index is -1.87. The number of carbonyl (C=O) groups excluding carboxylic acids is 1. The Morgan fingerprint density at radius 1 is 1.43 bits per heavy atom. The average Bonchev–Trinajstić information content (AvgIpc) is 2.81. The van der Waals surface area contributed by atoms with E-state index in [0.717, 1.165) is 30.6 Å². The number of nitrogens with one attached hydrogen (secondary N) is 1. The maximum absolute atomic E-state index is 13.5. The number of halogens is 1. The van der Waals surface area contributed by atoms with Gasteiger partial charge in [-0.2, -0.15) is 0 Å². The smallest absolute Gasteiger partial charge is 0.257 e. The molecule has 1 aliphatic heterocycles. The Balaban J connectivity index is 1.98. The number of aliphatic hydroxyl groups is 1. The quantitative estimate of drug-likeness (QED) is 0.867. The predicted molar refractivity (Wildman–Crippen MR) is 79.4 cm³/mol. The van der Waals surface area contributed by atoms with Crippen LogP contribution in [-0.4, -0.2) is 40.8 Å². The molecule has 2 rings (SSSR count). The van der Waals surface area contributed by atoms with Crippen LogP contribution in [0.2, 0.25) is 0 Å². The molecule has 0 aromatic heterocycles. The molecule has 2 N–H and O–H groups in total. The van der Waals surface area contributed by atoms with Crippen LogP contribution in [0.3, 0.4) is 0 Å². The van der Waals surface area contributed by atoms with Gasteiger partial charge in [-0.15, -0.1) is 0 Å². The zero-order valence-electron chi connectivity index (χ0n) is 12.6. The first-order valence-corrected chi connectivity index (χ1v) is 7.30. The molecule has 1 aliphatic rings. The number of alkyl halides is 1. The number of carbonyl (C=O) groups is 1.